The van der Waals surface area contributed by atoms with Crippen molar-refractivity contribution in [1.82, 2.24) is 0 Å². The molecule has 0 bridgehead atoms. The van der Waals surface area contributed by atoms with Crippen LogP contribution in [-0.4, -0.2) is 35.7 Å². The average Bonchev–Trinajstić information content (AvgIpc) is 2.14. The SMILES string of the molecule is CC(=O)[CH-]C(C)=O.CC(=O)[CH-]C(C)=O.CC(N)CN.[Ni+2]. The number of nitrogens with two attached hydrogens (primary N) is 2. The van der Waals surface area contributed by atoms with Crippen LogP contribution in [0.5, 0.6) is 0 Å². The van der Waals surface area contributed by atoms with E-state index in [1.165, 1.54) is 27.7 Å². The number of rotatable bonds is 5. The van der Waals surface area contributed by atoms with Gasteiger partial charge in [0.2, 0.25) is 0 Å². The first kappa shape index (κ1) is 27.2. The third kappa shape index (κ3) is 54.1. The summed E-state index contributed by atoms with van der Waals surface area (Å²) in [5.41, 5.74) is 10.2. The topological polar surface area (TPSA) is 120 Å². The van der Waals surface area contributed by atoms with Crippen LogP contribution in [0.3, 0.4) is 0 Å². The number of Topliss-reactive ketones (excluding diaryl/α,β-unsaturated/α-hetero) is 4. The minimum atomic E-state index is -0.187. The van der Waals surface area contributed by atoms with E-state index in [0.29, 0.717) is 6.54 Å². The number of carbonyl (C=O) groups excluding carboxylic acids is 4. The summed E-state index contributed by atoms with van der Waals surface area (Å²) in [5.74, 6) is -0.750. The van der Waals surface area contributed by atoms with Crippen LogP contribution in [-0.2, 0) is 35.7 Å². The maximum absolute atomic E-state index is 9.98. The maximum atomic E-state index is 9.98. The van der Waals surface area contributed by atoms with Crippen molar-refractivity contribution < 1.29 is 35.7 Å². The van der Waals surface area contributed by atoms with Crippen LogP contribution in [0.4, 0.5) is 0 Å². The Bertz CT molecular complexity index is 255. The predicted molar refractivity (Wildman–Crippen MR) is 74.0 cm³/mol. The standard InChI is InChI=1S/2C5H7O2.C3H10N2.Ni/c2*1-4(6)3-5(2)7;1-3(5)2-4;/h2*3H,1-2H3;3H,2,4-5H2,1H3;/q2*-1;;+2. The molecule has 0 aromatic carbocycles. The first-order chi connectivity index (χ1) is 8.52. The Morgan fingerprint density at radius 2 is 1.00 bits per heavy atom. The van der Waals surface area contributed by atoms with Gasteiger partial charge in [0.05, 0.1) is 0 Å². The number of ketones is 4. The van der Waals surface area contributed by atoms with Crippen LogP contribution in [0.25, 0.3) is 0 Å². The van der Waals surface area contributed by atoms with Gasteiger partial charge in [-0.15, -0.1) is 0 Å². The van der Waals surface area contributed by atoms with E-state index >= 15 is 0 Å². The second kappa shape index (κ2) is 17.8. The second-order valence-electron chi connectivity index (χ2n) is 3.94. The number of hydrogen-bond donors (Lipinski definition) is 2. The smallest absolute Gasteiger partial charge is 0.334 e. The Balaban J connectivity index is -0.0000000952. The van der Waals surface area contributed by atoms with Crippen LogP contribution in [0.1, 0.15) is 34.6 Å². The Morgan fingerprint density at radius 3 is 1.00 bits per heavy atom. The zero-order valence-electron chi connectivity index (χ0n) is 12.5. The molecule has 0 aliphatic heterocycles. The van der Waals surface area contributed by atoms with Gasteiger partial charge in [0.15, 0.2) is 0 Å². The second-order valence-corrected chi connectivity index (χ2v) is 3.94. The Kier molecular flexibility index (Phi) is 24.3. The average molecular weight is 331 g/mol. The van der Waals surface area contributed by atoms with Gasteiger partial charge in [0, 0.05) is 35.7 Å². The van der Waals surface area contributed by atoms with Gasteiger partial charge in [-0.05, 0) is 34.6 Å². The summed E-state index contributed by atoms with van der Waals surface area (Å²) in [6, 6.07) is 0.162. The predicted octanol–water partition coefficient (Wildman–Crippen LogP) is 0.0272. The molecule has 1 unspecified atom stereocenters. The summed E-state index contributed by atoms with van der Waals surface area (Å²) in [7, 11) is 0. The minimum Gasteiger partial charge on any atom is -0.334 e. The summed E-state index contributed by atoms with van der Waals surface area (Å²) >= 11 is 0. The quantitative estimate of drug-likeness (QED) is 0.416. The van der Waals surface area contributed by atoms with Crippen LogP contribution in [0, 0.1) is 12.8 Å². The zero-order chi connectivity index (χ0) is 16.0. The third-order valence-electron chi connectivity index (χ3n) is 1.18. The summed E-state index contributed by atoms with van der Waals surface area (Å²) in [4.78, 5) is 39.9. The molecular weight excluding hydrogens is 307 g/mol. The Hall–Kier alpha value is -1.17. The van der Waals surface area contributed by atoms with Crippen molar-refractivity contribution in [2.75, 3.05) is 6.54 Å². The minimum absolute atomic E-state index is 0. The van der Waals surface area contributed by atoms with E-state index < -0.39 is 0 Å². The number of carbonyl (C=O) groups is 4. The molecule has 0 saturated heterocycles. The van der Waals surface area contributed by atoms with E-state index in [9.17, 15) is 19.2 Å². The van der Waals surface area contributed by atoms with Crippen molar-refractivity contribution >= 4 is 23.1 Å². The van der Waals surface area contributed by atoms with Gasteiger partial charge in [0.25, 0.3) is 0 Å². The molecule has 0 spiro atoms. The van der Waals surface area contributed by atoms with Crippen LogP contribution < -0.4 is 11.5 Å². The van der Waals surface area contributed by atoms with E-state index in [-0.39, 0.29) is 45.7 Å². The van der Waals surface area contributed by atoms with E-state index in [1.54, 1.807) is 0 Å². The van der Waals surface area contributed by atoms with Crippen LogP contribution in [0.15, 0.2) is 0 Å². The molecule has 0 fully saturated rings. The molecule has 0 radical (unpaired) electrons. The van der Waals surface area contributed by atoms with Crippen LogP contribution >= 0.6 is 0 Å². The van der Waals surface area contributed by atoms with Crippen LogP contribution in [0.2, 0.25) is 0 Å². The van der Waals surface area contributed by atoms with E-state index in [4.69, 9.17) is 11.5 Å². The first-order valence-electron chi connectivity index (χ1n) is 5.70. The fraction of sp³-hybridized carbons (Fsp3) is 0.538. The van der Waals surface area contributed by atoms with Gasteiger partial charge in [-0.2, -0.15) is 0 Å². The van der Waals surface area contributed by atoms with Gasteiger partial charge in [-0.3, -0.25) is 12.8 Å². The summed E-state index contributed by atoms with van der Waals surface area (Å²) in [5, 5.41) is 0. The molecule has 1 atom stereocenters. The molecule has 0 aliphatic rings. The third-order valence-corrected chi connectivity index (χ3v) is 1.18. The van der Waals surface area contributed by atoms with Gasteiger partial charge in [-0.25, -0.2) is 0 Å². The summed E-state index contributed by atoms with van der Waals surface area (Å²) in [6.07, 6.45) is 2.11. The van der Waals surface area contributed by atoms with Gasteiger partial charge in [0.1, 0.15) is 0 Å². The summed E-state index contributed by atoms with van der Waals surface area (Å²) < 4.78 is 0. The fourth-order valence-electron chi connectivity index (χ4n) is 0.572. The molecule has 0 saturated carbocycles. The summed E-state index contributed by atoms with van der Waals surface area (Å²) in [6.45, 7) is 7.85. The largest absolute Gasteiger partial charge is 2.00 e. The van der Waals surface area contributed by atoms with E-state index in [2.05, 4.69) is 0 Å². The Labute approximate surface area is 131 Å². The number of hydrogen-bond acceptors (Lipinski definition) is 6. The Morgan fingerprint density at radius 1 is 0.850 bits per heavy atom. The molecule has 0 aromatic heterocycles. The fourth-order valence-corrected chi connectivity index (χ4v) is 0.572. The molecule has 0 heterocycles. The molecule has 0 rings (SSSR count). The molecule has 20 heavy (non-hydrogen) atoms. The van der Waals surface area contributed by atoms with Crippen molar-refractivity contribution in [1.29, 1.82) is 0 Å². The van der Waals surface area contributed by atoms with Crippen molar-refractivity contribution in [2.45, 2.75) is 40.7 Å². The molecule has 4 N–H and O–H groups in total. The van der Waals surface area contributed by atoms with Crippen molar-refractivity contribution in [2.24, 2.45) is 11.5 Å². The molecular formula is C13H24N2NiO4. The van der Waals surface area contributed by atoms with Gasteiger partial charge >= 0.3 is 16.5 Å². The zero-order valence-corrected chi connectivity index (χ0v) is 13.5. The molecule has 0 amide bonds. The van der Waals surface area contributed by atoms with Crippen molar-refractivity contribution in [3.8, 4) is 0 Å². The molecule has 0 aromatic rings. The van der Waals surface area contributed by atoms with Gasteiger partial charge in [-0.1, -0.05) is 0 Å². The normalized spacial score (nSPS) is 9.15. The van der Waals surface area contributed by atoms with E-state index in [0.717, 1.165) is 12.8 Å². The van der Waals surface area contributed by atoms with Crippen molar-refractivity contribution in [3.05, 3.63) is 12.8 Å². The molecule has 120 valence electrons. The molecule has 7 heteroatoms. The first-order valence-corrected chi connectivity index (χ1v) is 5.70. The maximum Gasteiger partial charge on any atom is 2.00 e. The van der Waals surface area contributed by atoms with Crippen molar-refractivity contribution in [3.63, 3.8) is 0 Å². The van der Waals surface area contributed by atoms with Gasteiger partial charge < -0.3 is 30.6 Å². The van der Waals surface area contributed by atoms with E-state index in [1.807, 2.05) is 6.92 Å². The molecule has 0 aliphatic carbocycles. The monoisotopic (exact) mass is 330 g/mol. The molecule has 6 nitrogen and oxygen atoms in total.